The van der Waals surface area contributed by atoms with Crippen LogP contribution in [0.3, 0.4) is 0 Å². The van der Waals surface area contributed by atoms with Crippen molar-refractivity contribution in [1.29, 1.82) is 0 Å². The van der Waals surface area contributed by atoms with Crippen molar-refractivity contribution in [2.24, 2.45) is 0 Å². The van der Waals surface area contributed by atoms with Gasteiger partial charge in [0.05, 0.1) is 0 Å². The summed E-state index contributed by atoms with van der Waals surface area (Å²) in [5, 5.41) is 3.93. The number of dihydropyridines is 1. The minimum Gasteiger partial charge on any atom is -0.385 e. The molecule has 1 N–H and O–H groups in total. The summed E-state index contributed by atoms with van der Waals surface area (Å²) in [6, 6.07) is 5.87. The van der Waals surface area contributed by atoms with Crippen molar-refractivity contribution in [3.63, 3.8) is 0 Å². The van der Waals surface area contributed by atoms with Gasteiger partial charge in [-0.3, -0.25) is 0 Å². The highest BCUT2D eigenvalue weighted by Gasteiger charge is 2.06. The zero-order valence-corrected chi connectivity index (χ0v) is 10.6. The fraction of sp³-hybridized carbons (Fsp3) is 0.167. The van der Waals surface area contributed by atoms with Crippen LogP contribution in [0, 0.1) is 6.08 Å². The number of nitrogens with one attached hydrogen (secondary N) is 1. The first-order valence-electron chi connectivity index (χ1n) is 4.66. The average molecular weight is 284 g/mol. The van der Waals surface area contributed by atoms with E-state index < -0.39 is 0 Å². The van der Waals surface area contributed by atoms with Crippen molar-refractivity contribution in [3.8, 4) is 0 Å². The molecule has 0 unspecified atom stereocenters. The lowest BCUT2D eigenvalue weighted by molar-refractivity contribution is 0.888. The molecule has 0 fully saturated rings. The molecule has 0 spiro atoms. The van der Waals surface area contributed by atoms with Gasteiger partial charge in [-0.05, 0) is 36.3 Å². The Bertz CT molecular complexity index is 429. The summed E-state index contributed by atoms with van der Waals surface area (Å²) in [6.07, 6.45) is 5.38. The predicted molar refractivity (Wildman–Crippen MR) is 67.6 cm³/mol. The Morgan fingerprint density at radius 3 is 2.87 bits per heavy atom. The molecule has 1 aromatic carbocycles. The van der Waals surface area contributed by atoms with Crippen molar-refractivity contribution in [2.75, 3.05) is 6.54 Å². The van der Waals surface area contributed by atoms with Gasteiger partial charge in [0.25, 0.3) is 0 Å². The molecule has 2 rings (SSSR count). The van der Waals surface area contributed by atoms with Crippen molar-refractivity contribution < 1.29 is 0 Å². The van der Waals surface area contributed by atoms with Crippen molar-refractivity contribution in [3.05, 3.63) is 51.1 Å². The van der Waals surface area contributed by atoms with Gasteiger partial charge in [0, 0.05) is 27.8 Å². The number of benzene rings is 1. The molecule has 1 aliphatic heterocycles. The van der Waals surface area contributed by atoms with Gasteiger partial charge in [-0.1, -0.05) is 33.6 Å². The van der Waals surface area contributed by atoms with E-state index in [1.807, 2.05) is 25.1 Å². The maximum Gasteiger partial charge on any atom is 0.0423 e. The van der Waals surface area contributed by atoms with Crippen LogP contribution in [0.25, 0.3) is 5.57 Å². The van der Waals surface area contributed by atoms with Gasteiger partial charge in [0.15, 0.2) is 0 Å². The lowest BCUT2D eigenvalue weighted by Gasteiger charge is -2.13. The second kappa shape index (κ2) is 4.42. The Balaban J connectivity index is 2.41. The van der Waals surface area contributed by atoms with Crippen LogP contribution in [0.4, 0.5) is 0 Å². The Labute approximate surface area is 103 Å². The van der Waals surface area contributed by atoms with Crippen LogP contribution in [0.1, 0.15) is 12.5 Å². The first-order chi connectivity index (χ1) is 7.15. The molecule has 0 atom stereocenters. The van der Waals surface area contributed by atoms with Gasteiger partial charge in [0.2, 0.25) is 0 Å². The minimum absolute atomic E-state index is 0.735. The van der Waals surface area contributed by atoms with Crippen LogP contribution in [-0.2, 0) is 0 Å². The number of hydrogen-bond acceptors (Lipinski definition) is 1. The van der Waals surface area contributed by atoms with Crippen molar-refractivity contribution in [2.45, 2.75) is 6.92 Å². The van der Waals surface area contributed by atoms with Crippen LogP contribution in [0.5, 0.6) is 0 Å². The van der Waals surface area contributed by atoms with Crippen LogP contribution in [-0.4, -0.2) is 6.54 Å². The molecule has 1 aliphatic rings. The lowest BCUT2D eigenvalue weighted by Crippen LogP contribution is -2.14. The van der Waals surface area contributed by atoms with Crippen molar-refractivity contribution >= 4 is 33.1 Å². The number of hydrogen-bond donors (Lipinski definition) is 1. The van der Waals surface area contributed by atoms with Gasteiger partial charge in [-0.15, -0.1) is 0 Å². The van der Waals surface area contributed by atoms with E-state index in [2.05, 4.69) is 33.4 Å². The zero-order chi connectivity index (χ0) is 10.8. The summed E-state index contributed by atoms with van der Waals surface area (Å²) < 4.78 is 0.990. The van der Waals surface area contributed by atoms with Gasteiger partial charge < -0.3 is 5.32 Å². The molecule has 0 saturated carbocycles. The maximum atomic E-state index is 6.00. The summed E-state index contributed by atoms with van der Waals surface area (Å²) in [6.45, 7) is 2.85. The first kappa shape index (κ1) is 10.8. The van der Waals surface area contributed by atoms with Crippen LogP contribution >= 0.6 is 27.5 Å². The molecule has 0 bridgehead atoms. The van der Waals surface area contributed by atoms with E-state index >= 15 is 0 Å². The minimum atomic E-state index is 0.735. The van der Waals surface area contributed by atoms with E-state index in [-0.39, 0.29) is 0 Å². The SMILES string of the molecule is CC1=[C]C(c2cc(Cl)cc(Br)c2)=CCN1. The summed E-state index contributed by atoms with van der Waals surface area (Å²) in [5.41, 5.74) is 3.24. The molecule has 0 aliphatic carbocycles. The van der Waals surface area contributed by atoms with Crippen LogP contribution in [0.2, 0.25) is 5.02 Å². The summed E-state index contributed by atoms with van der Waals surface area (Å²) in [5.74, 6) is 0. The highest BCUT2D eigenvalue weighted by Crippen LogP contribution is 2.26. The fourth-order valence-corrected chi connectivity index (χ4v) is 2.36. The van der Waals surface area contributed by atoms with Crippen molar-refractivity contribution in [1.82, 2.24) is 5.32 Å². The summed E-state index contributed by atoms with van der Waals surface area (Å²) in [7, 11) is 0. The smallest absolute Gasteiger partial charge is 0.0423 e. The van der Waals surface area contributed by atoms with E-state index in [0.29, 0.717) is 0 Å². The number of rotatable bonds is 1. The van der Waals surface area contributed by atoms with Gasteiger partial charge >= 0.3 is 0 Å². The molecule has 0 saturated heterocycles. The summed E-state index contributed by atoms with van der Waals surface area (Å²) >= 11 is 9.43. The van der Waals surface area contributed by atoms with Gasteiger partial charge in [0.1, 0.15) is 0 Å². The highest BCUT2D eigenvalue weighted by molar-refractivity contribution is 9.10. The molecule has 1 nitrogen and oxygen atoms in total. The normalized spacial score (nSPS) is 15.4. The second-order valence-electron chi connectivity index (χ2n) is 3.41. The number of halogens is 2. The topological polar surface area (TPSA) is 12.0 Å². The van der Waals surface area contributed by atoms with Gasteiger partial charge in [-0.25, -0.2) is 0 Å². The predicted octanol–water partition coefficient (Wildman–Crippen LogP) is 3.80. The van der Waals surface area contributed by atoms with E-state index in [1.165, 1.54) is 0 Å². The monoisotopic (exact) mass is 282 g/mol. The van der Waals surface area contributed by atoms with Crippen LogP contribution in [0.15, 0.2) is 34.4 Å². The first-order valence-corrected chi connectivity index (χ1v) is 5.83. The highest BCUT2D eigenvalue weighted by atomic mass is 79.9. The number of allylic oxidation sites excluding steroid dienone is 3. The molecule has 1 heterocycles. The molecular formula is C12H10BrClN. The lowest BCUT2D eigenvalue weighted by atomic mass is 10.0. The average Bonchev–Trinajstić information content (AvgIpc) is 2.16. The van der Waals surface area contributed by atoms with Gasteiger partial charge in [-0.2, -0.15) is 0 Å². The maximum absolute atomic E-state index is 6.00. The third kappa shape index (κ3) is 2.64. The molecule has 77 valence electrons. The Kier molecular flexibility index (Phi) is 3.17. The molecule has 1 radical (unpaired) electrons. The Hall–Kier alpha value is -0.730. The molecule has 1 aromatic rings. The molecule has 0 aromatic heterocycles. The van der Waals surface area contributed by atoms with E-state index in [0.717, 1.165) is 32.9 Å². The fourth-order valence-electron chi connectivity index (χ4n) is 1.50. The summed E-state index contributed by atoms with van der Waals surface area (Å²) in [4.78, 5) is 0. The van der Waals surface area contributed by atoms with E-state index in [1.54, 1.807) is 0 Å². The zero-order valence-electron chi connectivity index (χ0n) is 8.27. The Morgan fingerprint density at radius 1 is 1.40 bits per heavy atom. The van der Waals surface area contributed by atoms with E-state index in [9.17, 15) is 0 Å². The molecule has 3 heteroatoms. The third-order valence-corrected chi connectivity index (χ3v) is 2.85. The molecular weight excluding hydrogens is 273 g/mol. The standard InChI is InChI=1S/C12H10BrClN/c1-8-4-9(2-3-15-8)10-5-11(13)7-12(14)6-10/h2,5-7,15H,3H2,1H3. The molecule has 0 amide bonds. The Morgan fingerprint density at radius 2 is 2.20 bits per heavy atom. The quantitative estimate of drug-likeness (QED) is 0.827. The largest absolute Gasteiger partial charge is 0.385 e. The van der Waals surface area contributed by atoms with E-state index in [4.69, 9.17) is 11.6 Å². The third-order valence-electron chi connectivity index (χ3n) is 2.17. The second-order valence-corrected chi connectivity index (χ2v) is 4.76. The molecule has 15 heavy (non-hydrogen) atoms. The van der Waals surface area contributed by atoms with Crippen LogP contribution < -0.4 is 5.32 Å².